The van der Waals surface area contributed by atoms with Crippen molar-refractivity contribution in [2.24, 2.45) is 5.41 Å². The molecule has 3 heterocycles. The predicted molar refractivity (Wildman–Crippen MR) is 117 cm³/mol. The van der Waals surface area contributed by atoms with Crippen molar-refractivity contribution in [3.8, 4) is 5.69 Å². The Balaban J connectivity index is 1.74. The van der Waals surface area contributed by atoms with Crippen LogP contribution in [0.1, 0.15) is 10.4 Å². The number of carboxylic acid groups (broad SMARTS) is 1. The van der Waals surface area contributed by atoms with Gasteiger partial charge in [-0.15, -0.1) is 0 Å². The van der Waals surface area contributed by atoms with Gasteiger partial charge >= 0.3 is 5.97 Å². The van der Waals surface area contributed by atoms with Gasteiger partial charge < -0.3 is 19.9 Å². The molecular weight excluding hydrogens is 453 g/mol. The quantitative estimate of drug-likeness (QED) is 0.491. The van der Waals surface area contributed by atoms with Gasteiger partial charge in [-0.25, -0.2) is 18.0 Å². The number of nitrogens with one attached hydrogen (secondary N) is 2. The highest BCUT2D eigenvalue weighted by Gasteiger charge is 2.47. The number of hydrogen-bond acceptors (Lipinski definition) is 6. The maximum absolute atomic E-state index is 15.3. The summed E-state index contributed by atoms with van der Waals surface area (Å²) in [5.41, 5.74) is 1.66. The van der Waals surface area contributed by atoms with E-state index >= 15 is 4.39 Å². The minimum Gasteiger partial charge on any atom is -0.477 e. The van der Waals surface area contributed by atoms with Crippen molar-refractivity contribution in [3.05, 3.63) is 81.7 Å². The van der Waals surface area contributed by atoms with E-state index in [1.54, 1.807) is 11.1 Å². The number of anilines is 1. The number of rotatable bonds is 5. The van der Waals surface area contributed by atoms with Crippen LogP contribution in [0.15, 0.2) is 53.2 Å². The van der Waals surface area contributed by atoms with Crippen LogP contribution in [0.5, 0.6) is 0 Å². The SMILES string of the molecule is CONC1=CN(c2cc3c(cc2F)c(=O)c(C(=O)O)cn3-c2ccc(F)cc2F)CC12CNC2. The normalized spacial score (nSPS) is 16.6. The molecule has 2 aliphatic rings. The molecule has 5 rings (SSSR count). The lowest BCUT2D eigenvalue weighted by molar-refractivity contribution is 0.0695. The van der Waals surface area contributed by atoms with E-state index in [0.29, 0.717) is 25.7 Å². The molecule has 176 valence electrons. The Labute approximate surface area is 190 Å². The third-order valence-corrected chi connectivity index (χ3v) is 6.25. The van der Waals surface area contributed by atoms with Crippen molar-refractivity contribution in [2.45, 2.75) is 0 Å². The summed E-state index contributed by atoms with van der Waals surface area (Å²) in [6.45, 7) is 1.71. The zero-order chi connectivity index (χ0) is 24.2. The fourth-order valence-corrected chi connectivity index (χ4v) is 4.46. The van der Waals surface area contributed by atoms with Gasteiger partial charge in [0.25, 0.3) is 0 Å². The number of hydrogen-bond donors (Lipinski definition) is 3. The van der Waals surface area contributed by atoms with E-state index in [2.05, 4.69) is 10.8 Å². The van der Waals surface area contributed by atoms with Crippen LogP contribution in [-0.2, 0) is 4.84 Å². The van der Waals surface area contributed by atoms with E-state index in [0.717, 1.165) is 34.7 Å². The molecule has 0 aliphatic carbocycles. The number of carboxylic acids is 1. The average Bonchev–Trinajstić information content (AvgIpc) is 3.14. The maximum Gasteiger partial charge on any atom is 0.341 e. The Kier molecular flexibility index (Phi) is 5.10. The van der Waals surface area contributed by atoms with Crippen molar-refractivity contribution in [1.82, 2.24) is 15.4 Å². The first-order chi connectivity index (χ1) is 16.2. The first-order valence-corrected chi connectivity index (χ1v) is 10.3. The van der Waals surface area contributed by atoms with Gasteiger partial charge in [0.15, 0.2) is 0 Å². The van der Waals surface area contributed by atoms with Crippen molar-refractivity contribution in [1.29, 1.82) is 0 Å². The first kappa shape index (κ1) is 22.0. The molecule has 3 N–H and O–H groups in total. The van der Waals surface area contributed by atoms with E-state index in [4.69, 9.17) is 4.84 Å². The second kappa shape index (κ2) is 7.89. The summed E-state index contributed by atoms with van der Waals surface area (Å²) >= 11 is 0. The molecule has 2 aliphatic heterocycles. The summed E-state index contributed by atoms with van der Waals surface area (Å²) in [6, 6.07) is 5.07. The predicted octanol–water partition coefficient (Wildman–Crippen LogP) is 2.51. The molecule has 3 aromatic rings. The van der Waals surface area contributed by atoms with E-state index in [9.17, 15) is 23.5 Å². The zero-order valence-electron chi connectivity index (χ0n) is 17.9. The summed E-state index contributed by atoms with van der Waals surface area (Å²) in [7, 11) is 1.47. The van der Waals surface area contributed by atoms with Crippen LogP contribution in [0, 0.1) is 22.9 Å². The molecular formula is C23H19F3N4O4. The highest BCUT2D eigenvalue weighted by atomic mass is 19.1. The number of carbonyl (C=O) groups is 1. The largest absolute Gasteiger partial charge is 0.477 e. The third-order valence-electron chi connectivity index (χ3n) is 6.25. The van der Waals surface area contributed by atoms with Crippen LogP contribution >= 0.6 is 0 Å². The lowest BCUT2D eigenvalue weighted by Gasteiger charge is -2.41. The summed E-state index contributed by atoms with van der Waals surface area (Å²) in [4.78, 5) is 31.2. The lowest BCUT2D eigenvalue weighted by Crippen LogP contribution is -2.58. The van der Waals surface area contributed by atoms with Crippen LogP contribution in [0.2, 0.25) is 0 Å². The van der Waals surface area contributed by atoms with Crippen LogP contribution in [0.4, 0.5) is 18.9 Å². The van der Waals surface area contributed by atoms with Crippen LogP contribution in [0.25, 0.3) is 16.6 Å². The summed E-state index contributed by atoms with van der Waals surface area (Å²) in [5.74, 6) is -4.10. The van der Waals surface area contributed by atoms with E-state index in [1.165, 1.54) is 13.2 Å². The van der Waals surface area contributed by atoms with Crippen LogP contribution in [-0.4, -0.2) is 42.4 Å². The van der Waals surface area contributed by atoms with Gasteiger partial charge in [-0.3, -0.25) is 15.1 Å². The monoisotopic (exact) mass is 472 g/mol. The summed E-state index contributed by atoms with van der Waals surface area (Å²) in [5, 5.41) is 12.4. The fourth-order valence-electron chi connectivity index (χ4n) is 4.46. The standard InChI is InChI=1S/C23H19F3N4O4/c1-34-28-20-8-29(11-23(20)9-27-10-23)19-6-18-13(5-16(19)26)21(31)14(22(32)33)7-30(18)17-3-2-12(24)4-15(17)25/h2-8,27-28H,9-11H2,1H3,(H,32,33). The Morgan fingerprint density at radius 1 is 1.15 bits per heavy atom. The fraction of sp³-hybridized carbons (Fsp3) is 0.217. The topological polar surface area (TPSA) is 95.8 Å². The Bertz CT molecular complexity index is 1430. The first-order valence-electron chi connectivity index (χ1n) is 10.3. The van der Waals surface area contributed by atoms with E-state index < -0.39 is 34.4 Å². The van der Waals surface area contributed by atoms with Gasteiger partial charge in [-0.05, 0) is 24.3 Å². The number of aromatic carboxylic acids is 1. The van der Waals surface area contributed by atoms with Crippen molar-refractivity contribution >= 4 is 22.6 Å². The Hall–Kier alpha value is -3.83. The molecule has 11 heteroatoms. The van der Waals surface area contributed by atoms with Gasteiger partial charge in [0.2, 0.25) is 5.43 Å². The molecule has 8 nitrogen and oxygen atoms in total. The molecule has 1 spiro atoms. The second-order valence-electron chi connectivity index (χ2n) is 8.32. The molecule has 0 radical (unpaired) electrons. The van der Waals surface area contributed by atoms with E-state index in [1.807, 2.05) is 0 Å². The summed E-state index contributed by atoms with van der Waals surface area (Å²) < 4.78 is 44.6. The molecule has 1 saturated heterocycles. The molecule has 0 atom stereocenters. The second-order valence-corrected chi connectivity index (χ2v) is 8.32. The minimum absolute atomic E-state index is 0.0687. The molecule has 0 unspecified atom stereocenters. The molecule has 2 aromatic carbocycles. The molecule has 0 saturated carbocycles. The molecule has 0 amide bonds. The van der Waals surface area contributed by atoms with Gasteiger partial charge in [0.05, 0.1) is 35.1 Å². The highest BCUT2D eigenvalue weighted by Crippen LogP contribution is 2.40. The van der Waals surface area contributed by atoms with Gasteiger partial charge in [0.1, 0.15) is 23.0 Å². The summed E-state index contributed by atoms with van der Waals surface area (Å²) in [6.07, 6.45) is 2.65. The third kappa shape index (κ3) is 3.32. The Morgan fingerprint density at radius 3 is 2.50 bits per heavy atom. The minimum atomic E-state index is -1.55. The van der Waals surface area contributed by atoms with Crippen molar-refractivity contribution in [2.75, 3.05) is 31.6 Å². The van der Waals surface area contributed by atoms with Gasteiger partial charge in [-0.1, -0.05) is 0 Å². The van der Waals surface area contributed by atoms with Crippen molar-refractivity contribution < 1.29 is 27.9 Å². The highest BCUT2D eigenvalue weighted by molar-refractivity contribution is 5.94. The molecule has 1 aromatic heterocycles. The number of nitrogens with zero attached hydrogens (tertiary/aromatic N) is 2. The van der Waals surface area contributed by atoms with Crippen LogP contribution < -0.4 is 21.1 Å². The molecule has 34 heavy (non-hydrogen) atoms. The number of hydroxylamine groups is 1. The number of aromatic nitrogens is 1. The number of halogens is 3. The Morgan fingerprint density at radius 2 is 1.88 bits per heavy atom. The maximum atomic E-state index is 15.3. The molecule has 1 fully saturated rings. The van der Waals surface area contributed by atoms with Gasteiger partial charge in [-0.2, -0.15) is 0 Å². The van der Waals surface area contributed by atoms with Crippen molar-refractivity contribution in [3.63, 3.8) is 0 Å². The van der Waals surface area contributed by atoms with E-state index in [-0.39, 0.29) is 27.7 Å². The number of pyridine rings is 1. The lowest BCUT2D eigenvalue weighted by atomic mass is 9.80. The zero-order valence-corrected chi connectivity index (χ0v) is 17.9. The van der Waals surface area contributed by atoms with Crippen LogP contribution in [0.3, 0.4) is 0 Å². The molecule has 0 bridgehead atoms. The number of benzene rings is 2. The van der Waals surface area contributed by atoms with Gasteiger partial charge in [0, 0.05) is 43.5 Å². The number of fused-ring (bicyclic) bond motifs is 1. The smallest absolute Gasteiger partial charge is 0.341 e. The average molecular weight is 472 g/mol.